The maximum Gasteiger partial charge on any atom is 0.241 e. The summed E-state index contributed by atoms with van der Waals surface area (Å²) in [7, 11) is 0. The van der Waals surface area contributed by atoms with Gasteiger partial charge in [-0.1, -0.05) is 28.1 Å². The van der Waals surface area contributed by atoms with Gasteiger partial charge in [-0.25, -0.2) is 0 Å². The molecule has 0 aliphatic carbocycles. The molecule has 1 aromatic carbocycles. The SMILES string of the molecule is Cc1cnn(CC(=O)NC(C)Cc2ccc(Br)cc2)c1. The van der Waals surface area contributed by atoms with Gasteiger partial charge >= 0.3 is 0 Å². The molecule has 1 N–H and O–H groups in total. The van der Waals surface area contributed by atoms with Gasteiger partial charge in [0.1, 0.15) is 6.54 Å². The monoisotopic (exact) mass is 335 g/mol. The van der Waals surface area contributed by atoms with Crippen molar-refractivity contribution in [2.75, 3.05) is 0 Å². The summed E-state index contributed by atoms with van der Waals surface area (Å²) in [5.41, 5.74) is 2.26. The average Bonchev–Trinajstić information content (AvgIpc) is 2.77. The molecule has 1 aromatic heterocycles. The normalized spacial score (nSPS) is 12.2. The molecule has 2 rings (SSSR count). The van der Waals surface area contributed by atoms with Gasteiger partial charge < -0.3 is 5.32 Å². The molecule has 0 saturated carbocycles. The largest absolute Gasteiger partial charge is 0.352 e. The van der Waals surface area contributed by atoms with Gasteiger partial charge in [-0.2, -0.15) is 5.10 Å². The number of carbonyl (C=O) groups is 1. The molecule has 1 amide bonds. The van der Waals surface area contributed by atoms with Crippen LogP contribution in [0.3, 0.4) is 0 Å². The van der Waals surface area contributed by atoms with Gasteiger partial charge in [-0.3, -0.25) is 9.48 Å². The molecule has 0 aliphatic rings. The van der Waals surface area contributed by atoms with Crippen LogP contribution in [0.4, 0.5) is 0 Å². The minimum Gasteiger partial charge on any atom is -0.352 e. The van der Waals surface area contributed by atoms with Crippen LogP contribution in [-0.4, -0.2) is 21.7 Å². The first-order valence-corrected chi connectivity index (χ1v) is 7.35. The molecule has 20 heavy (non-hydrogen) atoms. The molecular weight excluding hydrogens is 318 g/mol. The third-order valence-electron chi connectivity index (χ3n) is 2.93. The van der Waals surface area contributed by atoms with E-state index in [0.29, 0.717) is 0 Å². The van der Waals surface area contributed by atoms with Crippen molar-refractivity contribution in [1.82, 2.24) is 15.1 Å². The minimum atomic E-state index is -0.0160. The second kappa shape index (κ2) is 6.70. The Labute approximate surface area is 127 Å². The zero-order valence-corrected chi connectivity index (χ0v) is 13.2. The molecule has 0 aliphatic heterocycles. The first-order chi connectivity index (χ1) is 9.52. The predicted octanol–water partition coefficient (Wildman–Crippen LogP) is 2.70. The van der Waals surface area contributed by atoms with E-state index in [1.54, 1.807) is 10.9 Å². The molecule has 2 aromatic rings. The van der Waals surface area contributed by atoms with Crippen molar-refractivity contribution in [2.24, 2.45) is 0 Å². The van der Waals surface area contributed by atoms with Crippen molar-refractivity contribution in [3.05, 3.63) is 52.3 Å². The fourth-order valence-corrected chi connectivity index (χ4v) is 2.31. The second-order valence-corrected chi connectivity index (χ2v) is 5.93. The summed E-state index contributed by atoms with van der Waals surface area (Å²) < 4.78 is 2.71. The van der Waals surface area contributed by atoms with E-state index in [0.717, 1.165) is 16.5 Å². The number of rotatable bonds is 5. The van der Waals surface area contributed by atoms with E-state index in [9.17, 15) is 4.79 Å². The summed E-state index contributed by atoms with van der Waals surface area (Å²) in [5, 5.41) is 7.10. The van der Waals surface area contributed by atoms with Gasteiger partial charge in [0.25, 0.3) is 0 Å². The first kappa shape index (κ1) is 14.8. The zero-order chi connectivity index (χ0) is 14.5. The quantitative estimate of drug-likeness (QED) is 0.913. The number of nitrogens with zero attached hydrogens (tertiary/aromatic N) is 2. The summed E-state index contributed by atoms with van der Waals surface area (Å²) in [6.45, 7) is 4.23. The predicted molar refractivity (Wildman–Crippen MR) is 82.4 cm³/mol. The van der Waals surface area contributed by atoms with Crippen LogP contribution in [0.2, 0.25) is 0 Å². The third kappa shape index (κ3) is 4.49. The van der Waals surface area contributed by atoms with Crippen LogP contribution in [0.5, 0.6) is 0 Å². The second-order valence-electron chi connectivity index (χ2n) is 5.01. The number of aryl methyl sites for hydroxylation is 1. The fraction of sp³-hybridized carbons (Fsp3) is 0.333. The first-order valence-electron chi connectivity index (χ1n) is 6.56. The highest BCUT2D eigenvalue weighted by atomic mass is 79.9. The summed E-state index contributed by atoms with van der Waals surface area (Å²) in [5.74, 6) is -0.0160. The standard InChI is InChI=1S/C15H18BrN3O/c1-11-8-17-19(9-11)10-15(20)18-12(2)7-13-3-5-14(16)6-4-13/h3-6,8-9,12H,7,10H2,1-2H3,(H,18,20). The lowest BCUT2D eigenvalue weighted by Gasteiger charge is -2.14. The molecule has 1 unspecified atom stereocenters. The van der Waals surface area contributed by atoms with Gasteiger partial charge in [0.15, 0.2) is 0 Å². The Morgan fingerprint density at radius 3 is 2.70 bits per heavy atom. The van der Waals surface area contributed by atoms with Crippen molar-refractivity contribution in [3.63, 3.8) is 0 Å². The van der Waals surface area contributed by atoms with Crippen LogP contribution in [-0.2, 0) is 17.8 Å². The van der Waals surface area contributed by atoms with E-state index < -0.39 is 0 Å². The number of halogens is 1. The summed E-state index contributed by atoms with van der Waals surface area (Å²) in [6.07, 6.45) is 4.43. The highest BCUT2D eigenvalue weighted by molar-refractivity contribution is 9.10. The molecule has 0 saturated heterocycles. The Morgan fingerprint density at radius 2 is 2.10 bits per heavy atom. The highest BCUT2D eigenvalue weighted by Crippen LogP contribution is 2.11. The molecule has 0 spiro atoms. The molecular formula is C15H18BrN3O. The maximum absolute atomic E-state index is 11.9. The highest BCUT2D eigenvalue weighted by Gasteiger charge is 2.09. The van der Waals surface area contributed by atoms with E-state index in [4.69, 9.17) is 0 Å². The Bertz CT molecular complexity index is 577. The van der Waals surface area contributed by atoms with Crippen LogP contribution < -0.4 is 5.32 Å². The van der Waals surface area contributed by atoms with Crippen LogP contribution in [0.25, 0.3) is 0 Å². The number of aromatic nitrogens is 2. The van der Waals surface area contributed by atoms with Gasteiger partial charge in [0.05, 0.1) is 6.20 Å². The van der Waals surface area contributed by atoms with Crippen molar-refractivity contribution in [2.45, 2.75) is 32.9 Å². The Balaban J connectivity index is 1.83. The van der Waals surface area contributed by atoms with Gasteiger partial charge in [0, 0.05) is 16.7 Å². The Kier molecular flexibility index (Phi) is 4.95. The number of carbonyl (C=O) groups excluding carboxylic acids is 1. The molecule has 0 bridgehead atoms. The lowest BCUT2D eigenvalue weighted by molar-refractivity contribution is -0.122. The lowest BCUT2D eigenvalue weighted by Crippen LogP contribution is -2.36. The van der Waals surface area contributed by atoms with Gasteiger partial charge in [-0.05, 0) is 43.5 Å². The Hall–Kier alpha value is -1.62. The smallest absolute Gasteiger partial charge is 0.241 e. The molecule has 5 heteroatoms. The summed E-state index contributed by atoms with van der Waals surface area (Å²) in [6, 6.07) is 8.24. The minimum absolute atomic E-state index is 0.0160. The van der Waals surface area contributed by atoms with E-state index in [-0.39, 0.29) is 18.5 Å². The average molecular weight is 336 g/mol. The number of hydrogen-bond acceptors (Lipinski definition) is 2. The molecule has 1 heterocycles. The molecule has 0 radical (unpaired) electrons. The van der Waals surface area contributed by atoms with E-state index in [1.807, 2.05) is 32.2 Å². The topological polar surface area (TPSA) is 46.9 Å². The number of benzene rings is 1. The Morgan fingerprint density at radius 1 is 1.40 bits per heavy atom. The van der Waals surface area contributed by atoms with E-state index >= 15 is 0 Å². The fourth-order valence-electron chi connectivity index (χ4n) is 2.05. The lowest BCUT2D eigenvalue weighted by atomic mass is 10.1. The summed E-state index contributed by atoms with van der Waals surface area (Å²) >= 11 is 3.41. The molecule has 4 nitrogen and oxygen atoms in total. The van der Waals surface area contributed by atoms with E-state index in [2.05, 4.69) is 38.5 Å². The number of nitrogens with one attached hydrogen (secondary N) is 1. The molecule has 106 valence electrons. The van der Waals surface area contributed by atoms with Crippen molar-refractivity contribution in [3.8, 4) is 0 Å². The molecule has 1 atom stereocenters. The van der Waals surface area contributed by atoms with Crippen LogP contribution >= 0.6 is 15.9 Å². The van der Waals surface area contributed by atoms with Crippen LogP contribution in [0, 0.1) is 6.92 Å². The third-order valence-corrected chi connectivity index (χ3v) is 3.46. The van der Waals surface area contributed by atoms with Gasteiger partial charge in [-0.15, -0.1) is 0 Å². The van der Waals surface area contributed by atoms with Crippen molar-refractivity contribution in [1.29, 1.82) is 0 Å². The molecule has 0 fully saturated rings. The summed E-state index contributed by atoms with van der Waals surface area (Å²) in [4.78, 5) is 11.9. The number of amides is 1. The maximum atomic E-state index is 11.9. The van der Waals surface area contributed by atoms with Crippen LogP contribution in [0.1, 0.15) is 18.1 Å². The van der Waals surface area contributed by atoms with E-state index in [1.165, 1.54) is 5.56 Å². The van der Waals surface area contributed by atoms with Crippen molar-refractivity contribution >= 4 is 21.8 Å². The van der Waals surface area contributed by atoms with Crippen LogP contribution in [0.15, 0.2) is 41.1 Å². The zero-order valence-electron chi connectivity index (χ0n) is 11.6. The number of hydrogen-bond donors (Lipinski definition) is 1. The van der Waals surface area contributed by atoms with Crippen molar-refractivity contribution < 1.29 is 4.79 Å². The van der Waals surface area contributed by atoms with Gasteiger partial charge in [0.2, 0.25) is 5.91 Å².